The maximum atomic E-state index is 5.66. The molecule has 0 saturated carbocycles. The van der Waals surface area contributed by atoms with E-state index >= 15 is 0 Å². The zero-order valence-electron chi connectivity index (χ0n) is 15.2. The predicted octanol–water partition coefficient (Wildman–Crippen LogP) is 2.71. The summed E-state index contributed by atoms with van der Waals surface area (Å²) in [4.78, 5) is 8.26. The van der Waals surface area contributed by atoms with Gasteiger partial charge in [-0.2, -0.15) is 9.97 Å². The minimum Gasteiger partial charge on any atom is -0.479 e. The van der Waals surface area contributed by atoms with Crippen molar-refractivity contribution in [2.24, 2.45) is 0 Å². The Balaban J connectivity index is 0.00000109. The number of furan rings is 1. The zero-order chi connectivity index (χ0) is 18.4. The van der Waals surface area contributed by atoms with Gasteiger partial charge in [0.15, 0.2) is 11.4 Å². The summed E-state index contributed by atoms with van der Waals surface area (Å²) >= 11 is 0. The lowest BCUT2D eigenvalue weighted by atomic mass is 10.3. The van der Waals surface area contributed by atoms with Crippen molar-refractivity contribution in [3.8, 4) is 29.0 Å². The third-order valence-corrected chi connectivity index (χ3v) is 3.21. The standard InChI is InChI=1S/C14H16N6O3.C2H6/c1-8-5-6-9(23-8)11-18-19-14(15-2)20(11)10-12(21-3)16-7-17-13(10)22-4;1-2/h5-7H,1-4H3,(H,15,19);1-2H3. The molecule has 0 fully saturated rings. The summed E-state index contributed by atoms with van der Waals surface area (Å²) < 4.78 is 18.0. The van der Waals surface area contributed by atoms with Gasteiger partial charge >= 0.3 is 0 Å². The first-order valence-corrected chi connectivity index (χ1v) is 7.83. The van der Waals surface area contributed by atoms with Gasteiger partial charge in [0.25, 0.3) is 0 Å². The largest absolute Gasteiger partial charge is 0.479 e. The lowest BCUT2D eigenvalue weighted by molar-refractivity contribution is 0.368. The van der Waals surface area contributed by atoms with Gasteiger partial charge in [-0.05, 0) is 19.1 Å². The van der Waals surface area contributed by atoms with Crippen LogP contribution in [-0.4, -0.2) is 46.0 Å². The maximum Gasteiger partial charge on any atom is 0.245 e. The maximum absolute atomic E-state index is 5.66. The van der Waals surface area contributed by atoms with Crippen molar-refractivity contribution in [2.75, 3.05) is 26.6 Å². The number of hydrogen-bond donors (Lipinski definition) is 1. The first-order chi connectivity index (χ1) is 12.2. The SMILES string of the molecule is CC.CNc1nnc(-c2ccc(C)o2)n1-c1c(OC)ncnc1OC. The Bertz CT molecular complexity index is 805. The second-order valence-electron chi connectivity index (χ2n) is 4.58. The van der Waals surface area contributed by atoms with Crippen LogP contribution in [0.2, 0.25) is 0 Å². The van der Waals surface area contributed by atoms with Gasteiger partial charge in [-0.1, -0.05) is 13.8 Å². The molecule has 3 aromatic heterocycles. The molecule has 3 heterocycles. The van der Waals surface area contributed by atoms with E-state index in [0.29, 0.717) is 35.0 Å². The highest BCUT2D eigenvalue weighted by Crippen LogP contribution is 2.34. The van der Waals surface area contributed by atoms with Gasteiger partial charge in [-0.3, -0.25) is 0 Å². The monoisotopic (exact) mass is 346 g/mol. The van der Waals surface area contributed by atoms with Gasteiger partial charge in [0.05, 0.1) is 14.2 Å². The summed E-state index contributed by atoms with van der Waals surface area (Å²) in [7, 11) is 4.78. The highest BCUT2D eigenvalue weighted by Gasteiger charge is 2.24. The lowest BCUT2D eigenvalue weighted by Crippen LogP contribution is -2.09. The molecule has 0 saturated heterocycles. The number of methoxy groups -OCH3 is 2. The van der Waals surface area contributed by atoms with Crippen LogP contribution in [0, 0.1) is 6.92 Å². The van der Waals surface area contributed by atoms with Crippen LogP contribution in [0.25, 0.3) is 17.3 Å². The molecule has 3 aromatic rings. The molecule has 0 spiro atoms. The molecule has 9 nitrogen and oxygen atoms in total. The van der Waals surface area contributed by atoms with Crippen LogP contribution in [0.15, 0.2) is 22.9 Å². The number of aromatic nitrogens is 5. The van der Waals surface area contributed by atoms with Crippen LogP contribution in [0.5, 0.6) is 11.8 Å². The van der Waals surface area contributed by atoms with Crippen LogP contribution in [0.3, 0.4) is 0 Å². The minimum atomic E-state index is 0.331. The van der Waals surface area contributed by atoms with E-state index in [1.165, 1.54) is 20.5 Å². The van der Waals surface area contributed by atoms with Gasteiger partial charge in [0.2, 0.25) is 23.5 Å². The van der Waals surface area contributed by atoms with Crippen LogP contribution in [-0.2, 0) is 0 Å². The second-order valence-corrected chi connectivity index (χ2v) is 4.58. The van der Waals surface area contributed by atoms with Crippen LogP contribution < -0.4 is 14.8 Å². The number of nitrogens with zero attached hydrogens (tertiary/aromatic N) is 5. The summed E-state index contributed by atoms with van der Waals surface area (Å²) in [6.07, 6.45) is 1.36. The van der Waals surface area contributed by atoms with Gasteiger partial charge < -0.3 is 19.2 Å². The summed E-state index contributed by atoms with van der Waals surface area (Å²) in [6.45, 7) is 5.86. The Labute approximate surface area is 146 Å². The topological polar surface area (TPSA) is 100 Å². The molecule has 0 aromatic carbocycles. The van der Waals surface area contributed by atoms with Gasteiger partial charge in [0, 0.05) is 7.05 Å². The number of ether oxygens (including phenoxy) is 2. The van der Waals surface area contributed by atoms with Crippen molar-refractivity contribution >= 4 is 5.95 Å². The van der Waals surface area contributed by atoms with E-state index in [4.69, 9.17) is 13.9 Å². The quantitative estimate of drug-likeness (QED) is 0.752. The zero-order valence-corrected chi connectivity index (χ0v) is 15.2. The second kappa shape index (κ2) is 8.13. The first kappa shape index (κ1) is 18.2. The Hall–Kier alpha value is -3.10. The summed E-state index contributed by atoms with van der Waals surface area (Å²) in [5, 5.41) is 11.3. The molecule has 0 aliphatic heterocycles. The average Bonchev–Trinajstić information content (AvgIpc) is 3.28. The van der Waals surface area contributed by atoms with E-state index in [-0.39, 0.29) is 0 Å². The van der Waals surface area contributed by atoms with E-state index < -0.39 is 0 Å². The van der Waals surface area contributed by atoms with Crippen molar-refractivity contribution < 1.29 is 13.9 Å². The molecule has 0 atom stereocenters. The number of nitrogens with one attached hydrogen (secondary N) is 1. The van der Waals surface area contributed by atoms with Crippen molar-refractivity contribution in [3.05, 3.63) is 24.2 Å². The number of hydrogen-bond acceptors (Lipinski definition) is 8. The third-order valence-electron chi connectivity index (χ3n) is 3.21. The Morgan fingerprint density at radius 1 is 1.04 bits per heavy atom. The molecule has 0 radical (unpaired) electrons. The van der Waals surface area contributed by atoms with Crippen LogP contribution in [0.1, 0.15) is 19.6 Å². The highest BCUT2D eigenvalue weighted by atomic mass is 16.5. The Morgan fingerprint density at radius 3 is 2.16 bits per heavy atom. The van der Waals surface area contributed by atoms with Crippen molar-refractivity contribution in [3.63, 3.8) is 0 Å². The predicted molar refractivity (Wildman–Crippen MR) is 93.4 cm³/mol. The molecule has 1 N–H and O–H groups in total. The third kappa shape index (κ3) is 3.39. The summed E-state index contributed by atoms with van der Waals surface area (Å²) in [5.74, 6) is 2.94. The smallest absolute Gasteiger partial charge is 0.245 e. The highest BCUT2D eigenvalue weighted by molar-refractivity contribution is 5.62. The lowest BCUT2D eigenvalue weighted by Gasteiger charge is -2.14. The molecule has 134 valence electrons. The van der Waals surface area contributed by atoms with Crippen molar-refractivity contribution in [1.29, 1.82) is 0 Å². The molecular weight excluding hydrogens is 324 g/mol. The minimum absolute atomic E-state index is 0.331. The number of rotatable bonds is 5. The van der Waals surface area contributed by atoms with Gasteiger partial charge in [0.1, 0.15) is 12.1 Å². The van der Waals surface area contributed by atoms with Crippen LogP contribution >= 0.6 is 0 Å². The fraction of sp³-hybridized carbons (Fsp3) is 0.375. The number of aryl methyl sites for hydroxylation is 1. The molecule has 25 heavy (non-hydrogen) atoms. The van der Waals surface area contributed by atoms with Crippen LogP contribution in [0.4, 0.5) is 5.95 Å². The molecule has 0 unspecified atom stereocenters. The molecular formula is C16H22N6O3. The fourth-order valence-electron chi connectivity index (χ4n) is 2.21. The normalized spacial score (nSPS) is 10.0. The van der Waals surface area contributed by atoms with E-state index in [2.05, 4.69) is 25.5 Å². The Kier molecular flexibility index (Phi) is 5.93. The molecule has 3 rings (SSSR count). The molecule has 0 bridgehead atoms. The van der Waals surface area contributed by atoms with Crippen molar-refractivity contribution in [2.45, 2.75) is 20.8 Å². The molecule has 0 amide bonds. The van der Waals surface area contributed by atoms with E-state index in [0.717, 1.165) is 5.76 Å². The van der Waals surface area contributed by atoms with Crippen molar-refractivity contribution in [1.82, 2.24) is 24.7 Å². The van der Waals surface area contributed by atoms with E-state index in [9.17, 15) is 0 Å². The van der Waals surface area contributed by atoms with Gasteiger partial charge in [-0.25, -0.2) is 4.57 Å². The average molecular weight is 346 g/mol. The molecule has 0 aliphatic rings. The summed E-state index contributed by atoms with van der Waals surface area (Å²) in [6, 6.07) is 3.67. The van der Waals surface area contributed by atoms with E-state index in [1.54, 1.807) is 11.6 Å². The first-order valence-electron chi connectivity index (χ1n) is 7.83. The van der Waals surface area contributed by atoms with E-state index in [1.807, 2.05) is 32.9 Å². The molecule has 9 heteroatoms. The number of anilines is 1. The fourth-order valence-corrected chi connectivity index (χ4v) is 2.21. The van der Waals surface area contributed by atoms with Gasteiger partial charge in [-0.15, -0.1) is 10.2 Å². The molecule has 0 aliphatic carbocycles. The Morgan fingerprint density at radius 2 is 1.68 bits per heavy atom. The summed E-state index contributed by atoms with van der Waals surface area (Å²) in [5.41, 5.74) is 0.482.